The van der Waals surface area contributed by atoms with Gasteiger partial charge >= 0.3 is 0 Å². The number of benzene rings is 2. The van der Waals surface area contributed by atoms with Gasteiger partial charge in [0.1, 0.15) is 0 Å². The maximum atomic E-state index is 12.7. The van der Waals surface area contributed by atoms with Crippen LogP contribution in [-0.4, -0.2) is 35.7 Å². The molecule has 3 amide bonds. The summed E-state index contributed by atoms with van der Waals surface area (Å²) in [7, 11) is 0. The van der Waals surface area contributed by atoms with Gasteiger partial charge in [-0.25, -0.2) is 0 Å². The van der Waals surface area contributed by atoms with Crippen LogP contribution in [0.4, 0.5) is 5.69 Å². The van der Waals surface area contributed by atoms with Gasteiger partial charge in [-0.2, -0.15) is 0 Å². The molecule has 0 aliphatic carbocycles. The lowest BCUT2D eigenvalue weighted by Crippen LogP contribution is -2.25. The van der Waals surface area contributed by atoms with Crippen LogP contribution in [0.15, 0.2) is 61.2 Å². The van der Waals surface area contributed by atoms with Crippen molar-refractivity contribution in [3.05, 3.63) is 77.9 Å². The van der Waals surface area contributed by atoms with E-state index in [1.54, 1.807) is 53.4 Å². The highest BCUT2D eigenvalue weighted by Gasteiger charge is 2.20. The molecule has 0 spiro atoms. The Kier molecular flexibility index (Phi) is 6.22. The van der Waals surface area contributed by atoms with E-state index in [9.17, 15) is 14.4 Å². The highest BCUT2D eigenvalue weighted by atomic mass is 16.2. The van der Waals surface area contributed by atoms with Crippen LogP contribution < -0.4 is 10.6 Å². The number of nitrogens with one attached hydrogen (secondary N) is 2. The molecule has 1 heterocycles. The van der Waals surface area contributed by atoms with Crippen LogP contribution >= 0.6 is 0 Å². The Morgan fingerprint density at radius 3 is 2.68 bits per heavy atom. The quantitative estimate of drug-likeness (QED) is 0.728. The summed E-state index contributed by atoms with van der Waals surface area (Å²) in [5.74, 6) is -0.440. The first kappa shape index (κ1) is 19.4. The summed E-state index contributed by atoms with van der Waals surface area (Å²) in [4.78, 5) is 38.6. The average molecular weight is 377 g/mol. The van der Waals surface area contributed by atoms with Gasteiger partial charge in [-0.05, 0) is 36.2 Å². The second-order valence-corrected chi connectivity index (χ2v) is 6.62. The molecular weight excluding hydrogens is 354 g/mol. The van der Waals surface area contributed by atoms with E-state index in [1.165, 1.54) is 0 Å². The molecule has 28 heavy (non-hydrogen) atoms. The van der Waals surface area contributed by atoms with Crippen molar-refractivity contribution >= 4 is 23.4 Å². The largest absolute Gasteiger partial charge is 0.349 e. The van der Waals surface area contributed by atoms with Crippen molar-refractivity contribution in [3.8, 4) is 0 Å². The third kappa shape index (κ3) is 4.65. The van der Waals surface area contributed by atoms with Crippen LogP contribution in [0.25, 0.3) is 0 Å². The van der Waals surface area contributed by atoms with Gasteiger partial charge in [0.15, 0.2) is 0 Å². The molecule has 1 aliphatic rings. The molecule has 0 unspecified atom stereocenters. The maximum absolute atomic E-state index is 12.7. The molecule has 6 heteroatoms. The predicted molar refractivity (Wildman–Crippen MR) is 108 cm³/mol. The number of para-hydroxylation sites is 1. The Bertz CT molecular complexity index is 907. The van der Waals surface area contributed by atoms with E-state index < -0.39 is 0 Å². The first-order chi connectivity index (χ1) is 13.6. The smallest absolute Gasteiger partial charge is 0.255 e. The minimum Gasteiger partial charge on any atom is -0.349 e. The second-order valence-electron chi connectivity index (χ2n) is 6.62. The minimum atomic E-state index is -0.307. The molecule has 0 radical (unpaired) electrons. The number of anilines is 1. The molecule has 1 saturated heterocycles. The third-order valence-electron chi connectivity index (χ3n) is 4.56. The standard InChI is InChI=1S/C22H23N3O3/c1-2-12-23-22(28)18-9-3-4-10-19(18)24-21(27)17-8-5-7-16(14-17)15-25-13-6-11-20(25)26/h2-5,7-10,14H,1,6,11-13,15H2,(H,23,28)(H,24,27). The first-order valence-electron chi connectivity index (χ1n) is 9.24. The van der Waals surface area contributed by atoms with Gasteiger partial charge < -0.3 is 15.5 Å². The summed E-state index contributed by atoms with van der Waals surface area (Å²) < 4.78 is 0. The number of hydrogen-bond donors (Lipinski definition) is 2. The van der Waals surface area contributed by atoms with E-state index in [0.717, 1.165) is 18.5 Å². The fraction of sp³-hybridized carbons (Fsp3) is 0.227. The topological polar surface area (TPSA) is 78.5 Å². The number of carbonyl (C=O) groups is 3. The molecule has 144 valence electrons. The lowest BCUT2D eigenvalue weighted by Gasteiger charge is -2.16. The van der Waals surface area contributed by atoms with E-state index in [1.807, 2.05) is 6.07 Å². The van der Waals surface area contributed by atoms with Crippen molar-refractivity contribution < 1.29 is 14.4 Å². The number of nitrogens with zero attached hydrogens (tertiary/aromatic N) is 1. The van der Waals surface area contributed by atoms with Crippen LogP contribution in [0.3, 0.4) is 0 Å². The lowest BCUT2D eigenvalue weighted by molar-refractivity contribution is -0.128. The molecule has 2 aromatic carbocycles. The molecule has 1 aliphatic heterocycles. The summed E-state index contributed by atoms with van der Waals surface area (Å²) in [6, 6.07) is 14.0. The molecule has 2 N–H and O–H groups in total. The van der Waals surface area contributed by atoms with E-state index in [4.69, 9.17) is 0 Å². The molecule has 0 saturated carbocycles. The lowest BCUT2D eigenvalue weighted by atomic mass is 10.1. The average Bonchev–Trinajstić information content (AvgIpc) is 3.11. The number of rotatable bonds is 7. The van der Waals surface area contributed by atoms with Gasteiger partial charge in [0.25, 0.3) is 11.8 Å². The Labute approximate surface area is 164 Å². The van der Waals surface area contributed by atoms with E-state index in [2.05, 4.69) is 17.2 Å². The van der Waals surface area contributed by atoms with Crippen molar-refractivity contribution in [2.75, 3.05) is 18.4 Å². The summed E-state index contributed by atoms with van der Waals surface area (Å²) in [6.07, 6.45) is 3.06. The zero-order chi connectivity index (χ0) is 19.9. The molecule has 3 rings (SSSR count). The Balaban J connectivity index is 1.73. The molecule has 2 aromatic rings. The van der Waals surface area contributed by atoms with Crippen molar-refractivity contribution in [2.45, 2.75) is 19.4 Å². The van der Waals surface area contributed by atoms with Crippen LogP contribution in [0.5, 0.6) is 0 Å². The maximum Gasteiger partial charge on any atom is 0.255 e. The minimum absolute atomic E-state index is 0.148. The monoisotopic (exact) mass is 377 g/mol. The van der Waals surface area contributed by atoms with Gasteiger partial charge in [0, 0.05) is 31.6 Å². The summed E-state index contributed by atoms with van der Waals surface area (Å²) in [5, 5.41) is 5.52. The molecule has 6 nitrogen and oxygen atoms in total. The number of hydrogen-bond acceptors (Lipinski definition) is 3. The second kappa shape index (κ2) is 8.99. The summed E-state index contributed by atoms with van der Waals surface area (Å²) >= 11 is 0. The summed E-state index contributed by atoms with van der Waals surface area (Å²) in [6.45, 7) is 5.18. The van der Waals surface area contributed by atoms with E-state index in [-0.39, 0.29) is 17.7 Å². The van der Waals surface area contributed by atoms with Gasteiger partial charge in [-0.15, -0.1) is 6.58 Å². The van der Waals surface area contributed by atoms with Crippen molar-refractivity contribution in [3.63, 3.8) is 0 Å². The van der Waals surface area contributed by atoms with Crippen LogP contribution in [0.2, 0.25) is 0 Å². The number of likely N-dealkylation sites (tertiary alicyclic amines) is 1. The molecule has 1 fully saturated rings. The third-order valence-corrected chi connectivity index (χ3v) is 4.56. The van der Waals surface area contributed by atoms with Gasteiger partial charge in [0.2, 0.25) is 5.91 Å². The predicted octanol–water partition coefficient (Wildman–Crippen LogP) is 2.98. The molecule has 0 bridgehead atoms. The van der Waals surface area contributed by atoms with Crippen LogP contribution in [0.1, 0.15) is 39.1 Å². The zero-order valence-corrected chi connectivity index (χ0v) is 15.6. The van der Waals surface area contributed by atoms with Crippen molar-refractivity contribution in [1.82, 2.24) is 10.2 Å². The van der Waals surface area contributed by atoms with Crippen LogP contribution in [0, 0.1) is 0 Å². The zero-order valence-electron chi connectivity index (χ0n) is 15.6. The highest BCUT2D eigenvalue weighted by molar-refractivity contribution is 6.09. The fourth-order valence-electron chi connectivity index (χ4n) is 3.15. The Hall–Kier alpha value is -3.41. The number of amides is 3. The van der Waals surface area contributed by atoms with Crippen molar-refractivity contribution in [1.29, 1.82) is 0 Å². The first-order valence-corrected chi connectivity index (χ1v) is 9.24. The van der Waals surface area contributed by atoms with Gasteiger partial charge in [0.05, 0.1) is 11.3 Å². The number of carbonyl (C=O) groups excluding carboxylic acids is 3. The van der Waals surface area contributed by atoms with E-state index in [0.29, 0.717) is 36.3 Å². The van der Waals surface area contributed by atoms with Gasteiger partial charge in [-0.3, -0.25) is 14.4 Å². The molecule has 0 aromatic heterocycles. The fourth-order valence-corrected chi connectivity index (χ4v) is 3.15. The normalized spacial score (nSPS) is 13.3. The highest BCUT2D eigenvalue weighted by Crippen LogP contribution is 2.18. The van der Waals surface area contributed by atoms with Gasteiger partial charge in [-0.1, -0.05) is 30.3 Å². The Morgan fingerprint density at radius 2 is 1.93 bits per heavy atom. The molecular formula is C22H23N3O3. The Morgan fingerprint density at radius 1 is 1.11 bits per heavy atom. The van der Waals surface area contributed by atoms with Crippen molar-refractivity contribution in [2.24, 2.45) is 0 Å². The molecule has 0 atom stereocenters. The SMILES string of the molecule is C=CCNC(=O)c1ccccc1NC(=O)c1cccc(CN2CCCC2=O)c1. The summed E-state index contributed by atoms with van der Waals surface area (Å²) in [5.41, 5.74) is 2.20. The van der Waals surface area contributed by atoms with Crippen LogP contribution in [-0.2, 0) is 11.3 Å². The van der Waals surface area contributed by atoms with E-state index >= 15 is 0 Å².